The van der Waals surface area contributed by atoms with Crippen LogP contribution in [0.25, 0.3) is 104 Å². The predicted octanol–water partition coefficient (Wildman–Crippen LogP) is 18.5. The van der Waals surface area contributed by atoms with Crippen LogP contribution < -0.4 is 4.90 Å². The van der Waals surface area contributed by atoms with Crippen molar-refractivity contribution in [1.29, 1.82) is 0 Å². The van der Waals surface area contributed by atoms with Crippen LogP contribution in [0.1, 0.15) is 0 Å². The summed E-state index contributed by atoms with van der Waals surface area (Å²) in [5.41, 5.74) is 11.5. The summed E-state index contributed by atoms with van der Waals surface area (Å²) < 4.78 is 2.37. The van der Waals surface area contributed by atoms with E-state index in [0.29, 0.717) is 0 Å². The maximum absolute atomic E-state index is 2.41. The first-order valence-electron chi connectivity index (χ1n) is 23.4. The van der Waals surface area contributed by atoms with Gasteiger partial charge >= 0.3 is 0 Å². The van der Waals surface area contributed by atoms with Gasteiger partial charge in [-0.25, -0.2) is 0 Å². The number of hydrogen-bond acceptors (Lipinski definition) is 1. The maximum atomic E-state index is 2.41. The van der Waals surface area contributed by atoms with Crippen molar-refractivity contribution in [2.75, 3.05) is 4.90 Å². The second kappa shape index (κ2) is 16.5. The number of anilines is 3. The monoisotopic (exact) mass is 864 g/mol. The van der Waals surface area contributed by atoms with Crippen LogP contribution in [0, 0.1) is 0 Å². The second-order valence-electron chi connectivity index (χ2n) is 17.6. The molecular formula is C66H44N2. The first-order valence-corrected chi connectivity index (χ1v) is 23.4. The molecule has 13 rings (SSSR count). The third kappa shape index (κ3) is 6.65. The maximum Gasteiger partial charge on any atom is 0.0541 e. The molecule has 2 nitrogen and oxygen atoms in total. The van der Waals surface area contributed by atoms with Crippen molar-refractivity contribution in [3.8, 4) is 27.9 Å². The van der Waals surface area contributed by atoms with Crippen LogP contribution in [-0.4, -0.2) is 4.57 Å². The lowest BCUT2D eigenvalue weighted by Gasteiger charge is -2.26. The Hall–Kier alpha value is -8.98. The highest BCUT2D eigenvalue weighted by Crippen LogP contribution is 2.42. The third-order valence-electron chi connectivity index (χ3n) is 13.8. The van der Waals surface area contributed by atoms with Gasteiger partial charge in [0.25, 0.3) is 0 Å². The van der Waals surface area contributed by atoms with E-state index in [0.717, 1.165) is 22.7 Å². The van der Waals surface area contributed by atoms with Gasteiger partial charge in [0.1, 0.15) is 0 Å². The third-order valence-corrected chi connectivity index (χ3v) is 13.8. The fourth-order valence-electron chi connectivity index (χ4n) is 10.6. The minimum absolute atomic E-state index is 1.08. The fourth-order valence-corrected chi connectivity index (χ4v) is 10.6. The molecule has 0 saturated carbocycles. The highest BCUT2D eigenvalue weighted by atomic mass is 15.1. The van der Waals surface area contributed by atoms with E-state index in [1.54, 1.807) is 0 Å². The molecule has 0 aliphatic rings. The molecule has 68 heavy (non-hydrogen) atoms. The first kappa shape index (κ1) is 39.4. The van der Waals surface area contributed by atoms with Gasteiger partial charge in [0, 0.05) is 33.5 Å². The zero-order valence-electron chi connectivity index (χ0n) is 37.3. The van der Waals surface area contributed by atoms with Gasteiger partial charge in [-0.1, -0.05) is 200 Å². The van der Waals surface area contributed by atoms with Crippen LogP contribution >= 0.6 is 0 Å². The van der Waals surface area contributed by atoms with E-state index in [2.05, 4.69) is 276 Å². The topological polar surface area (TPSA) is 8.17 Å². The van der Waals surface area contributed by atoms with Crippen molar-refractivity contribution in [3.63, 3.8) is 0 Å². The molecule has 0 spiro atoms. The van der Waals surface area contributed by atoms with Gasteiger partial charge in [-0.15, -0.1) is 0 Å². The summed E-state index contributed by atoms with van der Waals surface area (Å²) in [7, 11) is 0. The molecule has 0 amide bonds. The smallest absolute Gasteiger partial charge is 0.0541 e. The fraction of sp³-hybridized carbons (Fsp3) is 0. The Morgan fingerprint density at radius 3 is 1.07 bits per heavy atom. The molecule has 1 heterocycles. The van der Waals surface area contributed by atoms with E-state index in [4.69, 9.17) is 0 Å². The molecular weight excluding hydrogens is 821 g/mol. The molecule has 0 atom stereocenters. The Bertz CT molecular complexity index is 4040. The molecule has 0 aliphatic heterocycles. The minimum atomic E-state index is 1.08. The molecule has 0 bridgehead atoms. The van der Waals surface area contributed by atoms with E-state index in [1.807, 2.05) is 0 Å². The zero-order chi connectivity index (χ0) is 45.0. The van der Waals surface area contributed by atoms with Crippen molar-refractivity contribution in [2.45, 2.75) is 0 Å². The number of fused-ring (bicyclic) bond motifs is 13. The Balaban J connectivity index is 1.03. The van der Waals surface area contributed by atoms with Crippen molar-refractivity contribution in [3.05, 3.63) is 267 Å². The average Bonchev–Trinajstić information content (AvgIpc) is 3.75. The van der Waals surface area contributed by atoms with E-state index < -0.39 is 0 Å². The summed E-state index contributed by atoms with van der Waals surface area (Å²) >= 11 is 0. The normalized spacial score (nSPS) is 11.5. The van der Waals surface area contributed by atoms with Gasteiger partial charge in [0.05, 0.1) is 11.0 Å². The van der Waals surface area contributed by atoms with Gasteiger partial charge in [-0.2, -0.15) is 0 Å². The van der Waals surface area contributed by atoms with Crippen LogP contribution in [0.4, 0.5) is 17.1 Å². The van der Waals surface area contributed by atoms with Gasteiger partial charge in [-0.05, 0) is 143 Å². The van der Waals surface area contributed by atoms with Crippen molar-refractivity contribution in [1.82, 2.24) is 4.57 Å². The molecule has 2 heteroatoms. The quantitative estimate of drug-likeness (QED) is 0.162. The average molecular weight is 865 g/mol. The van der Waals surface area contributed by atoms with Gasteiger partial charge < -0.3 is 9.47 Å². The molecule has 1 aromatic heterocycles. The summed E-state index contributed by atoms with van der Waals surface area (Å²) in [6.07, 6.45) is 0. The van der Waals surface area contributed by atoms with E-state index in [-0.39, 0.29) is 0 Å². The molecule has 0 aliphatic carbocycles. The molecule has 0 radical (unpaired) electrons. The van der Waals surface area contributed by atoms with E-state index in [1.165, 1.54) is 97.9 Å². The lowest BCUT2D eigenvalue weighted by Crippen LogP contribution is -2.09. The Morgan fingerprint density at radius 2 is 0.559 bits per heavy atom. The number of hydrogen-bond donors (Lipinski definition) is 0. The van der Waals surface area contributed by atoms with Crippen LogP contribution in [0.15, 0.2) is 267 Å². The largest absolute Gasteiger partial charge is 0.310 e. The first-order chi connectivity index (χ1) is 33.7. The minimum Gasteiger partial charge on any atom is -0.310 e. The predicted molar refractivity (Wildman–Crippen MR) is 291 cm³/mol. The lowest BCUT2D eigenvalue weighted by atomic mass is 9.94. The van der Waals surface area contributed by atoms with Crippen molar-refractivity contribution >= 4 is 92.7 Å². The summed E-state index contributed by atoms with van der Waals surface area (Å²) in [5, 5.41) is 14.6. The van der Waals surface area contributed by atoms with Gasteiger partial charge in [0.2, 0.25) is 0 Å². The number of nitrogens with zero attached hydrogens (tertiary/aromatic N) is 2. The molecule has 13 aromatic rings. The lowest BCUT2D eigenvalue weighted by molar-refractivity contribution is 1.18. The summed E-state index contributed by atoms with van der Waals surface area (Å²) in [5.74, 6) is 0. The molecule has 0 unspecified atom stereocenters. The standard InChI is InChI=1S/C66H44N2/c1-3-17-45(18-4-1)46-31-36-50(37-32-46)67(51-38-33-47(34-39-51)48-35-42-66-64(43-48)62-29-15-16-30-65(62)68(66)49-19-5-2-6-20-49)52-40-41-61-59-27-12-11-25-57(59)55-23-8-7-21-53(55)54-22-9-10-24-56(54)58-26-13-14-28-60(58)63(61)44-52/h1-44H. The van der Waals surface area contributed by atoms with E-state index >= 15 is 0 Å². The molecule has 318 valence electrons. The molecule has 12 aromatic carbocycles. The van der Waals surface area contributed by atoms with E-state index in [9.17, 15) is 0 Å². The summed E-state index contributed by atoms with van der Waals surface area (Å²) in [4.78, 5) is 2.41. The van der Waals surface area contributed by atoms with Crippen LogP contribution in [0.5, 0.6) is 0 Å². The van der Waals surface area contributed by atoms with Crippen LogP contribution in [-0.2, 0) is 0 Å². The zero-order valence-corrected chi connectivity index (χ0v) is 37.3. The van der Waals surface area contributed by atoms with Crippen LogP contribution in [0.3, 0.4) is 0 Å². The highest BCUT2D eigenvalue weighted by molar-refractivity contribution is 6.26. The van der Waals surface area contributed by atoms with Crippen LogP contribution in [0.2, 0.25) is 0 Å². The van der Waals surface area contributed by atoms with Gasteiger partial charge in [0.15, 0.2) is 0 Å². The van der Waals surface area contributed by atoms with Crippen molar-refractivity contribution in [2.24, 2.45) is 0 Å². The number of rotatable bonds is 6. The Kier molecular flexibility index (Phi) is 9.54. The number of aromatic nitrogens is 1. The summed E-state index contributed by atoms with van der Waals surface area (Å²) in [6.45, 7) is 0. The van der Waals surface area contributed by atoms with Gasteiger partial charge in [-0.3, -0.25) is 0 Å². The summed E-state index contributed by atoms with van der Waals surface area (Å²) in [6, 6.07) is 97.7. The Labute approximate surface area is 395 Å². The van der Waals surface area contributed by atoms with Crippen molar-refractivity contribution < 1.29 is 0 Å². The Morgan fingerprint density at radius 1 is 0.206 bits per heavy atom. The second-order valence-corrected chi connectivity index (χ2v) is 17.6. The number of benzene rings is 11. The SMILES string of the molecule is c1ccc(-c2ccc(N(c3ccc(-c4ccc5c(c4)c4ccccc4n5-c4ccccc4)cc3)c3ccc4c5ccccc5c5ccccc5c5ccccc5c5ccccc5c4c3)cc2)cc1. The highest BCUT2D eigenvalue weighted by Gasteiger charge is 2.18. The molecule has 0 saturated heterocycles. The molecule has 0 N–H and O–H groups in total. The molecule has 0 fully saturated rings. The number of para-hydroxylation sites is 2.